The van der Waals surface area contributed by atoms with Crippen molar-refractivity contribution in [1.29, 1.82) is 0 Å². The Labute approximate surface area is 137 Å². The zero-order chi connectivity index (χ0) is 16.7. The van der Waals surface area contributed by atoms with Gasteiger partial charge in [-0.3, -0.25) is 4.79 Å². The molecule has 0 fully saturated rings. The molecule has 0 aliphatic rings. The van der Waals surface area contributed by atoms with E-state index in [1.807, 2.05) is 50.2 Å². The van der Waals surface area contributed by atoms with Crippen molar-refractivity contribution in [2.75, 3.05) is 19.0 Å². The van der Waals surface area contributed by atoms with Gasteiger partial charge in [-0.15, -0.1) is 0 Å². The van der Waals surface area contributed by atoms with Gasteiger partial charge in [0.05, 0.1) is 6.54 Å². The van der Waals surface area contributed by atoms with Crippen molar-refractivity contribution in [3.8, 4) is 0 Å². The van der Waals surface area contributed by atoms with Gasteiger partial charge in [0, 0.05) is 32.3 Å². The molecule has 0 bridgehead atoms. The van der Waals surface area contributed by atoms with E-state index >= 15 is 0 Å². The number of nitrogens with zero attached hydrogens (tertiary/aromatic N) is 3. The zero-order valence-electron chi connectivity index (χ0n) is 14.0. The average Bonchev–Trinajstić information content (AvgIpc) is 2.53. The third-order valence-corrected chi connectivity index (χ3v) is 3.50. The molecule has 5 nitrogen and oxygen atoms in total. The predicted octanol–water partition coefficient (Wildman–Crippen LogP) is 2.49. The van der Waals surface area contributed by atoms with E-state index in [0.29, 0.717) is 18.8 Å². The number of nitrogens with one attached hydrogen (secondary N) is 1. The van der Waals surface area contributed by atoms with E-state index in [0.717, 1.165) is 24.4 Å². The molecule has 1 N–H and O–H groups in total. The Balaban J connectivity index is 1.78. The molecule has 0 saturated carbocycles. The molecule has 122 valence electrons. The molecule has 1 aromatic heterocycles. The lowest BCUT2D eigenvalue weighted by Crippen LogP contribution is -2.24. The standard InChI is InChI=1S/C18H24N4O/c1-14-12-17(22(2)3)21-16(20-14)13-19-18(23)11-7-10-15-8-5-4-6-9-15/h4-6,8-9,12H,7,10-11,13H2,1-3H3,(H,19,23). The monoisotopic (exact) mass is 312 g/mol. The lowest BCUT2D eigenvalue weighted by Gasteiger charge is -2.13. The minimum Gasteiger partial charge on any atom is -0.363 e. The SMILES string of the molecule is Cc1cc(N(C)C)nc(CNC(=O)CCCc2ccccc2)n1. The normalized spacial score (nSPS) is 10.4. The number of amides is 1. The lowest BCUT2D eigenvalue weighted by molar-refractivity contribution is -0.121. The molecule has 0 saturated heterocycles. The third-order valence-electron chi connectivity index (χ3n) is 3.50. The van der Waals surface area contributed by atoms with Crippen LogP contribution in [0.25, 0.3) is 0 Å². The Hall–Kier alpha value is -2.43. The molecule has 2 aromatic rings. The Morgan fingerprint density at radius 1 is 1.17 bits per heavy atom. The first-order chi connectivity index (χ1) is 11.0. The molecular formula is C18H24N4O. The van der Waals surface area contributed by atoms with Gasteiger partial charge in [0.25, 0.3) is 0 Å². The summed E-state index contributed by atoms with van der Waals surface area (Å²) < 4.78 is 0. The number of hydrogen-bond acceptors (Lipinski definition) is 4. The smallest absolute Gasteiger partial charge is 0.220 e. The summed E-state index contributed by atoms with van der Waals surface area (Å²) in [4.78, 5) is 22.7. The number of aryl methyl sites for hydroxylation is 2. The van der Waals surface area contributed by atoms with Gasteiger partial charge < -0.3 is 10.2 Å². The Bertz CT molecular complexity index is 641. The van der Waals surface area contributed by atoms with Crippen molar-refractivity contribution >= 4 is 11.7 Å². The first-order valence-electron chi connectivity index (χ1n) is 7.87. The average molecular weight is 312 g/mol. The highest BCUT2D eigenvalue weighted by atomic mass is 16.1. The fourth-order valence-corrected chi connectivity index (χ4v) is 2.28. The van der Waals surface area contributed by atoms with Gasteiger partial charge in [0.2, 0.25) is 5.91 Å². The van der Waals surface area contributed by atoms with Crippen molar-refractivity contribution < 1.29 is 4.79 Å². The van der Waals surface area contributed by atoms with Crippen LogP contribution in [0.2, 0.25) is 0 Å². The second-order valence-corrected chi connectivity index (χ2v) is 5.79. The number of carbonyl (C=O) groups excluding carboxylic acids is 1. The van der Waals surface area contributed by atoms with Crippen LogP contribution in [-0.4, -0.2) is 30.0 Å². The van der Waals surface area contributed by atoms with Crippen molar-refractivity contribution in [1.82, 2.24) is 15.3 Å². The molecule has 1 amide bonds. The Morgan fingerprint density at radius 2 is 1.91 bits per heavy atom. The minimum absolute atomic E-state index is 0.0393. The summed E-state index contributed by atoms with van der Waals surface area (Å²) in [6.07, 6.45) is 2.27. The molecule has 1 heterocycles. The van der Waals surface area contributed by atoms with E-state index in [1.54, 1.807) is 0 Å². The van der Waals surface area contributed by atoms with E-state index < -0.39 is 0 Å². The van der Waals surface area contributed by atoms with Gasteiger partial charge in [-0.2, -0.15) is 0 Å². The van der Waals surface area contributed by atoms with Crippen molar-refractivity contribution in [2.45, 2.75) is 32.7 Å². The maximum Gasteiger partial charge on any atom is 0.220 e. The highest BCUT2D eigenvalue weighted by Gasteiger charge is 2.06. The fourth-order valence-electron chi connectivity index (χ4n) is 2.28. The molecule has 0 unspecified atom stereocenters. The number of carbonyl (C=O) groups is 1. The Morgan fingerprint density at radius 3 is 2.61 bits per heavy atom. The van der Waals surface area contributed by atoms with Gasteiger partial charge in [-0.05, 0) is 25.3 Å². The summed E-state index contributed by atoms with van der Waals surface area (Å²) in [5, 5.41) is 2.90. The predicted molar refractivity (Wildman–Crippen MR) is 92.3 cm³/mol. The molecule has 23 heavy (non-hydrogen) atoms. The highest BCUT2D eigenvalue weighted by molar-refractivity contribution is 5.75. The maximum atomic E-state index is 11.9. The fraction of sp³-hybridized carbons (Fsp3) is 0.389. The van der Waals surface area contributed by atoms with E-state index in [-0.39, 0.29) is 5.91 Å². The summed E-state index contributed by atoms with van der Waals surface area (Å²) in [5.74, 6) is 1.54. The summed E-state index contributed by atoms with van der Waals surface area (Å²) in [5.41, 5.74) is 2.16. The van der Waals surface area contributed by atoms with Crippen LogP contribution < -0.4 is 10.2 Å². The van der Waals surface area contributed by atoms with Crippen LogP contribution in [0.5, 0.6) is 0 Å². The number of hydrogen-bond donors (Lipinski definition) is 1. The number of rotatable bonds is 7. The molecule has 0 spiro atoms. The van der Waals surface area contributed by atoms with Gasteiger partial charge in [-0.25, -0.2) is 9.97 Å². The molecule has 5 heteroatoms. The minimum atomic E-state index is 0.0393. The van der Waals surface area contributed by atoms with Gasteiger partial charge in [-0.1, -0.05) is 30.3 Å². The van der Waals surface area contributed by atoms with Gasteiger partial charge >= 0.3 is 0 Å². The second kappa shape index (κ2) is 8.27. The molecule has 0 aliphatic carbocycles. The van der Waals surface area contributed by atoms with Crippen molar-refractivity contribution in [3.05, 3.63) is 53.5 Å². The quantitative estimate of drug-likeness (QED) is 0.853. The lowest BCUT2D eigenvalue weighted by atomic mass is 10.1. The van der Waals surface area contributed by atoms with Crippen LogP contribution in [0, 0.1) is 6.92 Å². The Kier molecular flexibility index (Phi) is 6.09. The summed E-state index contributed by atoms with van der Waals surface area (Å²) in [6.45, 7) is 2.30. The largest absolute Gasteiger partial charge is 0.363 e. The third kappa shape index (κ3) is 5.70. The topological polar surface area (TPSA) is 58.1 Å². The number of anilines is 1. The highest BCUT2D eigenvalue weighted by Crippen LogP contribution is 2.09. The van der Waals surface area contributed by atoms with Gasteiger partial charge in [0.1, 0.15) is 11.6 Å². The van der Waals surface area contributed by atoms with Crippen LogP contribution in [0.4, 0.5) is 5.82 Å². The summed E-state index contributed by atoms with van der Waals surface area (Å²) in [7, 11) is 3.88. The van der Waals surface area contributed by atoms with Crippen LogP contribution in [-0.2, 0) is 17.8 Å². The van der Waals surface area contributed by atoms with Crippen LogP contribution in [0.1, 0.15) is 29.9 Å². The number of benzene rings is 1. The number of aromatic nitrogens is 2. The first kappa shape index (κ1) is 16.9. The zero-order valence-corrected chi connectivity index (χ0v) is 14.0. The molecule has 0 radical (unpaired) electrons. The van der Waals surface area contributed by atoms with Crippen LogP contribution in [0.15, 0.2) is 36.4 Å². The summed E-state index contributed by atoms with van der Waals surface area (Å²) in [6, 6.07) is 12.1. The van der Waals surface area contributed by atoms with E-state index in [9.17, 15) is 4.79 Å². The molecule has 0 atom stereocenters. The molecular weight excluding hydrogens is 288 g/mol. The van der Waals surface area contributed by atoms with Crippen LogP contribution in [0.3, 0.4) is 0 Å². The molecule has 2 rings (SSSR count). The molecule has 1 aromatic carbocycles. The van der Waals surface area contributed by atoms with Crippen molar-refractivity contribution in [3.63, 3.8) is 0 Å². The molecule has 0 aliphatic heterocycles. The van der Waals surface area contributed by atoms with Gasteiger partial charge in [0.15, 0.2) is 0 Å². The maximum absolute atomic E-state index is 11.9. The van der Waals surface area contributed by atoms with Crippen LogP contribution >= 0.6 is 0 Å². The van der Waals surface area contributed by atoms with E-state index in [4.69, 9.17) is 0 Å². The van der Waals surface area contributed by atoms with E-state index in [2.05, 4.69) is 27.4 Å². The van der Waals surface area contributed by atoms with Crippen molar-refractivity contribution in [2.24, 2.45) is 0 Å². The second-order valence-electron chi connectivity index (χ2n) is 5.79. The van der Waals surface area contributed by atoms with E-state index in [1.165, 1.54) is 5.56 Å². The summed E-state index contributed by atoms with van der Waals surface area (Å²) >= 11 is 0. The first-order valence-corrected chi connectivity index (χ1v) is 7.87.